The van der Waals surface area contributed by atoms with Gasteiger partial charge in [0, 0.05) is 44.0 Å². The van der Waals surface area contributed by atoms with Gasteiger partial charge in [-0.2, -0.15) is 0 Å². The van der Waals surface area contributed by atoms with Crippen molar-refractivity contribution in [1.29, 1.82) is 0 Å². The molecule has 7 heteroatoms. The van der Waals surface area contributed by atoms with Crippen molar-refractivity contribution in [2.45, 2.75) is 40.2 Å². The van der Waals surface area contributed by atoms with Crippen LogP contribution in [0.5, 0.6) is 17.2 Å². The predicted octanol–water partition coefficient (Wildman–Crippen LogP) is 4.12. The summed E-state index contributed by atoms with van der Waals surface area (Å²) in [6.07, 6.45) is 2.41. The number of benzene rings is 1. The van der Waals surface area contributed by atoms with Gasteiger partial charge >= 0.3 is 0 Å². The Bertz CT molecular complexity index is 1020. The van der Waals surface area contributed by atoms with Crippen LogP contribution in [0.4, 0.5) is 0 Å². The van der Waals surface area contributed by atoms with E-state index in [1.165, 1.54) is 13.0 Å². The highest BCUT2D eigenvalue weighted by molar-refractivity contribution is 5.94. The third kappa shape index (κ3) is 4.77. The zero-order chi connectivity index (χ0) is 22.8. The first kappa shape index (κ1) is 22.9. The van der Waals surface area contributed by atoms with E-state index in [0.29, 0.717) is 42.8 Å². The largest absolute Gasteiger partial charge is 0.493 e. The molecule has 0 aliphatic carbocycles. The van der Waals surface area contributed by atoms with E-state index in [9.17, 15) is 9.59 Å². The topological polar surface area (TPSA) is 76.0 Å². The second-order valence-electron chi connectivity index (χ2n) is 8.79. The van der Waals surface area contributed by atoms with E-state index in [4.69, 9.17) is 18.9 Å². The van der Waals surface area contributed by atoms with Gasteiger partial charge in [-0.1, -0.05) is 20.8 Å². The zero-order valence-electron chi connectivity index (χ0n) is 19.1. The first-order chi connectivity index (χ1) is 14.7. The quantitative estimate of drug-likeness (QED) is 0.487. The lowest BCUT2D eigenvalue weighted by Gasteiger charge is -2.32. The molecule has 7 nitrogen and oxygen atoms in total. The number of methoxy groups -OCH3 is 2. The van der Waals surface area contributed by atoms with Crippen LogP contribution in [0.25, 0.3) is 11.3 Å². The summed E-state index contributed by atoms with van der Waals surface area (Å²) in [6.45, 7) is 9.20. The van der Waals surface area contributed by atoms with Crippen molar-refractivity contribution in [2.24, 2.45) is 5.41 Å². The Hall–Kier alpha value is -2.80. The lowest BCUT2D eigenvalue weighted by atomic mass is 9.86. The third-order valence-corrected chi connectivity index (χ3v) is 5.48. The number of Topliss-reactive ketones (excluding diaryl/α,β-unsaturated/α-hetero) is 1. The molecule has 0 N–H and O–H groups in total. The van der Waals surface area contributed by atoms with Gasteiger partial charge in [0.15, 0.2) is 22.7 Å². The summed E-state index contributed by atoms with van der Waals surface area (Å²) in [4.78, 5) is 24.7. The fraction of sp³-hybridized carbons (Fsp3) is 0.500. The number of hydrogen-bond donors (Lipinski definition) is 0. The van der Waals surface area contributed by atoms with E-state index in [1.807, 2.05) is 10.6 Å². The van der Waals surface area contributed by atoms with Gasteiger partial charge in [0.05, 0.1) is 31.0 Å². The van der Waals surface area contributed by atoms with Gasteiger partial charge in [-0.3, -0.25) is 9.59 Å². The highest BCUT2D eigenvalue weighted by Gasteiger charge is 2.33. The Balaban J connectivity index is 2.16. The first-order valence-electron chi connectivity index (χ1n) is 10.4. The first-order valence-corrected chi connectivity index (χ1v) is 10.4. The number of carbonyl (C=O) groups is 1. The van der Waals surface area contributed by atoms with Crippen molar-refractivity contribution in [2.75, 3.05) is 34.0 Å². The van der Waals surface area contributed by atoms with Gasteiger partial charge in [-0.05, 0) is 18.4 Å². The Kier molecular flexibility index (Phi) is 6.74. The average molecular weight is 430 g/mol. The maximum atomic E-state index is 12.7. The van der Waals surface area contributed by atoms with Crippen LogP contribution in [0.3, 0.4) is 0 Å². The van der Waals surface area contributed by atoms with Crippen LogP contribution < -0.4 is 19.6 Å². The molecule has 1 aromatic carbocycles. The van der Waals surface area contributed by atoms with E-state index >= 15 is 0 Å². The monoisotopic (exact) mass is 429 g/mol. The number of carbonyl (C=O) groups excluding carboxylic acids is 1. The van der Waals surface area contributed by atoms with Gasteiger partial charge in [-0.25, -0.2) is 0 Å². The molecule has 0 saturated carbocycles. The van der Waals surface area contributed by atoms with Crippen molar-refractivity contribution in [3.8, 4) is 28.5 Å². The minimum atomic E-state index is -0.307. The summed E-state index contributed by atoms with van der Waals surface area (Å²) in [5.74, 6) is 1.47. The number of ketones is 1. The number of aromatic nitrogens is 1. The summed E-state index contributed by atoms with van der Waals surface area (Å²) in [7, 11) is 3.23. The number of ether oxygens (including phenoxy) is 4. The molecule has 3 rings (SSSR count). The number of fused-ring (bicyclic) bond motifs is 3. The molecule has 1 aliphatic heterocycles. The van der Waals surface area contributed by atoms with Gasteiger partial charge in [0.1, 0.15) is 12.4 Å². The molecule has 0 spiro atoms. The normalized spacial score (nSPS) is 15.4. The zero-order valence-corrected chi connectivity index (χ0v) is 19.1. The van der Waals surface area contributed by atoms with Crippen molar-refractivity contribution in [3.63, 3.8) is 0 Å². The highest BCUT2D eigenvalue weighted by atomic mass is 16.5. The third-order valence-electron chi connectivity index (χ3n) is 5.48. The maximum absolute atomic E-state index is 12.7. The molecule has 0 saturated heterocycles. The molecule has 0 unspecified atom stereocenters. The number of rotatable bonds is 7. The summed E-state index contributed by atoms with van der Waals surface area (Å²) >= 11 is 0. The summed E-state index contributed by atoms with van der Waals surface area (Å²) in [5.41, 5.74) is 1.10. The van der Waals surface area contributed by atoms with Crippen molar-refractivity contribution < 1.29 is 23.7 Å². The molecule has 0 bridgehead atoms. The molecule has 0 fully saturated rings. The van der Waals surface area contributed by atoms with Crippen molar-refractivity contribution >= 4 is 5.78 Å². The molecule has 1 aliphatic rings. The lowest BCUT2D eigenvalue weighted by Crippen LogP contribution is -2.31. The van der Waals surface area contributed by atoms with Crippen LogP contribution in [0.2, 0.25) is 0 Å². The second-order valence-corrected chi connectivity index (χ2v) is 8.79. The smallest absolute Gasteiger partial charge is 0.192 e. The summed E-state index contributed by atoms with van der Waals surface area (Å²) in [5, 5.41) is 0. The molecule has 31 heavy (non-hydrogen) atoms. The van der Waals surface area contributed by atoms with Gasteiger partial charge in [-0.15, -0.1) is 0 Å². The van der Waals surface area contributed by atoms with E-state index in [2.05, 4.69) is 20.8 Å². The van der Waals surface area contributed by atoms with E-state index in [-0.39, 0.29) is 28.2 Å². The fourth-order valence-electron chi connectivity index (χ4n) is 3.72. The Morgan fingerprint density at radius 2 is 1.90 bits per heavy atom. The molecule has 0 amide bonds. The lowest BCUT2D eigenvalue weighted by molar-refractivity contribution is 0.101. The van der Waals surface area contributed by atoms with Crippen LogP contribution in [0.15, 0.2) is 29.2 Å². The maximum Gasteiger partial charge on any atom is 0.192 e. The Morgan fingerprint density at radius 3 is 2.52 bits per heavy atom. The van der Waals surface area contributed by atoms with Crippen LogP contribution >= 0.6 is 0 Å². The van der Waals surface area contributed by atoms with Crippen molar-refractivity contribution in [3.05, 3.63) is 40.2 Å². The Labute approximate surface area is 182 Å². The number of hydrogen-bond acceptors (Lipinski definition) is 6. The Morgan fingerprint density at radius 1 is 1.16 bits per heavy atom. The van der Waals surface area contributed by atoms with Crippen LogP contribution in [0.1, 0.15) is 50.5 Å². The molecule has 168 valence electrons. The van der Waals surface area contributed by atoms with Crippen LogP contribution in [0, 0.1) is 5.41 Å². The highest BCUT2D eigenvalue weighted by Crippen LogP contribution is 2.45. The number of nitrogens with zero attached hydrogens (tertiary/aromatic N) is 1. The van der Waals surface area contributed by atoms with Gasteiger partial charge in [0.2, 0.25) is 0 Å². The van der Waals surface area contributed by atoms with Gasteiger partial charge < -0.3 is 23.5 Å². The molecule has 2 heterocycles. The molecule has 0 radical (unpaired) electrons. The molecular formula is C24H31NO6. The van der Waals surface area contributed by atoms with Crippen molar-refractivity contribution in [1.82, 2.24) is 4.57 Å². The van der Waals surface area contributed by atoms with Gasteiger partial charge in [0.25, 0.3) is 0 Å². The standard InChI is InChI=1S/C24H31NO6/c1-15(26)17-13-25-18(11-19(17)27)16-10-21(29-6)22(30-9-7-8-28-5)12-20(16)31-14-23(25)24(2,3)4/h10-13,23H,7-9,14H2,1-6H3/t23-/m0/s1. The number of pyridine rings is 1. The van der Waals surface area contributed by atoms with Crippen LogP contribution in [-0.4, -0.2) is 44.4 Å². The molecular weight excluding hydrogens is 398 g/mol. The van der Waals surface area contributed by atoms with E-state index in [0.717, 1.165) is 12.0 Å². The second kappa shape index (κ2) is 9.14. The molecule has 1 atom stereocenters. The molecule has 2 aromatic rings. The van der Waals surface area contributed by atoms with Crippen LogP contribution in [-0.2, 0) is 4.74 Å². The fourth-order valence-corrected chi connectivity index (χ4v) is 3.72. The summed E-state index contributed by atoms with van der Waals surface area (Å²) < 4.78 is 24.7. The minimum absolute atomic E-state index is 0.0920. The minimum Gasteiger partial charge on any atom is -0.493 e. The molecule has 1 aromatic heterocycles. The SMILES string of the molecule is COCCCOc1cc2c(cc1OC)-c1cc(=O)c(C(C)=O)cn1[C@H](C(C)(C)C)CO2. The van der Waals surface area contributed by atoms with E-state index < -0.39 is 0 Å². The summed E-state index contributed by atoms with van der Waals surface area (Å²) in [6, 6.07) is 5.05. The average Bonchev–Trinajstić information content (AvgIpc) is 2.85. The van der Waals surface area contributed by atoms with E-state index in [1.54, 1.807) is 26.5 Å². The predicted molar refractivity (Wildman–Crippen MR) is 119 cm³/mol.